The summed E-state index contributed by atoms with van der Waals surface area (Å²) in [6.07, 6.45) is -0.626. The van der Waals surface area contributed by atoms with E-state index in [9.17, 15) is 4.79 Å². The Balaban J connectivity index is 3.02. The van der Waals surface area contributed by atoms with Crippen molar-refractivity contribution in [2.45, 2.75) is 46.1 Å². The molecular formula is C15H24O3Si. The lowest BCUT2D eigenvalue weighted by atomic mass is 10.0. The number of carbonyl (C=O) groups is 1. The van der Waals surface area contributed by atoms with Crippen molar-refractivity contribution < 1.29 is 14.3 Å². The molecule has 0 fully saturated rings. The predicted molar refractivity (Wildman–Crippen MR) is 80.2 cm³/mol. The van der Waals surface area contributed by atoms with Crippen molar-refractivity contribution in [1.29, 1.82) is 0 Å². The van der Waals surface area contributed by atoms with E-state index in [1.165, 1.54) is 23.8 Å². The van der Waals surface area contributed by atoms with Crippen molar-refractivity contribution >= 4 is 14.2 Å². The van der Waals surface area contributed by atoms with E-state index in [1.54, 1.807) is 0 Å². The van der Waals surface area contributed by atoms with Crippen LogP contribution in [0.1, 0.15) is 22.3 Å². The lowest BCUT2D eigenvalue weighted by molar-refractivity contribution is 0.0666. The molecule has 0 aromatic heterocycles. The van der Waals surface area contributed by atoms with Gasteiger partial charge in [-0.1, -0.05) is 37.3 Å². The first-order chi connectivity index (χ1) is 8.73. The van der Waals surface area contributed by atoms with E-state index in [0.717, 1.165) is 11.6 Å². The van der Waals surface area contributed by atoms with Gasteiger partial charge in [-0.15, -0.1) is 0 Å². The van der Waals surface area contributed by atoms with E-state index in [-0.39, 0.29) is 0 Å². The maximum Gasteiger partial charge on any atom is 0.508 e. The Hall–Kier alpha value is -1.29. The van der Waals surface area contributed by atoms with Gasteiger partial charge in [0, 0.05) is 8.07 Å². The number of hydrogen-bond donors (Lipinski definition) is 0. The van der Waals surface area contributed by atoms with E-state index in [0.29, 0.717) is 6.61 Å². The SMILES string of the molecule is COC(=O)OCc1c(C)cc(C)cc1C[Si](C)(C)C. The molecule has 106 valence electrons. The molecule has 0 spiro atoms. The molecule has 0 aliphatic rings. The van der Waals surface area contributed by atoms with Gasteiger partial charge in [0.25, 0.3) is 0 Å². The third kappa shape index (κ3) is 5.07. The van der Waals surface area contributed by atoms with Gasteiger partial charge in [0.1, 0.15) is 6.61 Å². The molecule has 1 aromatic carbocycles. The zero-order valence-corrected chi connectivity index (χ0v) is 13.8. The lowest BCUT2D eigenvalue weighted by Gasteiger charge is -2.20. The van der Waals surface area contributed by atoms with Crippen LogP contribution < -0.4 is 0 Å². The molecule has 0 unspecified atom stereocenters. The molecule has 0 saturated heterocycles. The minimum Gasteiger partial charge on any atom is -0.438 e. The van der Waals surface area contributed by atoms with Crippen LogP contribution in [0.5, 0.6) is 0 Å². The molecule has 0 radical (unpaired) electrons. The summed E-state index contributed by atoms with van der Waals surface area (Å²) < 4.78 is 9.63. The van der Waals surface area contributed by atoms with E-state index in [1.807, 2.05) is 0 Å². The number of methoxy groups -OCH3 is 1. The quantitative estimate of drug-likeness (QED) is 0.617. The molecule has 0 aliphatic carbocycles. The molecule has 1 rings (SSSR count). The fourth-order valence-corrected chi connectivity index (χ4v) is 3.67. The van der Waals surface area contributed by atoms with Gasteiger partial charge in [0.15, 0.2) is 0 Å². The first kappa shape index (κ1) is 15.8. The minimum atomic E-state index is -1.21. The lowest BCUT2D eigenvalue weighted by Crippen LogP contribution is -2.25. The van der Waals surface area contributed by atoms with Crippen LogP contribution in [0, 0.1) is 13.8 Å². The molecule has 0 atom stereocenters. The molecule has 0 aliphatic heterocycles. The zero-order chi connectivity index (χ0) is 14.6. The number of benzene rings is 1. The van der Waals surface area contributed by atoms with Crippen LogP contribution in [0.3, 0.4) is 0 Å². The number of ether oxygens (including phenoxy) is 2. The normalized spacial score (nSPS) is 11.3. The highest BCUT2D eigenvalue weighted by Gasteiger charge is 2.18. The molecule has 19 heavy (non-hydrogen) atoms. The predicted octanol–water partition coefficient (Wildman–Crippen LogP) is 4.01. The minimum absolute atomic E-state index is 0.290. The Kier molecular flexibility index (Phi) is 5.17. The molecule has 0 bridgehead atoms. The Morgan fingerprint density at radius 1 is 1.21 bits per heavy atom. The van der Waals surface area contributed by atoms with Crippen LogP contribution >= 0.6 is 0 Å². The van der Waals surface area contributed by atoms with Crippen molar-refractivity contribution in [3.05, 3.63) is 34.4 Å². The van der Waals surface area contributed by atoms with Gasteiger partial charge in [-0.2, -0.15) is 0 Å². The van der Waals surface area contributed by atoms with Crippen LogP contribution in [0.15, 0.2) is 12.1 Å². The van der Waals surface area contributed by atoms with E-state index < -0.39 is 14.2 Å². The molecule has 0 amide bonds. The van der Waals surface area contributed by atoms with Gasteiger partial charge >= 0.3 is 6.16 Å². The van der Waals surface area contributed by atoms with Gasteiger partial charge in [-0.25, -0.2) is 4.79 Å². The second-order valence-electron chi connectivity index (χ2n) is 6.20. The average Bonchev–Trinajstić information content (AvgIpc) is 2.24. The van der Waals surface area contributed by atoms with E-state index >= 15 is 0 Å². The summed E-state index contributed by atoms with van der Waals surface area (Å²) in [5.74, 6) is 0. The van der Waals surface area contributed by atoms with Crippen molar-refractivity contribution in [2.24, 2.45) is 0 Å². The van der Waals surface area contributed by atoms with Crippen LogP contribution in [0.25, 0.3) is 0 Å². The van der Waals surface area contributed by atoms with Gasteiger partial charge in [-0.3, -0.25) is 0 Å². The van der Waals surface area contributed by atoms with Gasteiger partial charge in [-0.05, 0) is 36.6 Å². The van der Waals surface area contributed by atoms with Crippen LogP contribution in [-0.4, -0.2) is 21.3 Å². The van der Waals surface area contributed by atoms with Gasteiger partial charge < -0.3 is 9.47 Å². The highest BCUT2D eigenvalue weighted by molar-refractivity contribution is 6.75. The van der Waals surface area contributed by atoms with Crippen molar-refractivity contribution in [3.63, 3.8) is 0 Å². The zero-order valence-electron chi connectivity index (χ0n) is 12.8. The maximum absolute atomic E-state index is 11.1. The van der Waals surface area contributed by atoms with Gasteiger partial charge in [0.2, 0.25) is 0 Å². The first-order valence-corrected chi connectivity index (χ1v) is 10.2. The third-order valence-electron chi connectivity index (χ3n) is 2.93. The van der Waals surface area contributed by atoms with E-state index in [4.69, 9.17) is 4.74 Å². The highest BCUT2D eigenvalue weighted by Crippen LogP contribution is 2.22. The van der Waals surface area contributed by atoms with E-state index in [2.05, 4.69) is 50.4 Å². The summed E-state index contributed by atoms with van der Waals surface area (Å²) >= 11 is 0. The summed E-state index contributed by atoms with van der Waals surface area (Å²) in [6.45, 7) is 11.5. The monoisotopic (exact) mass is 280 g/mol. The number of aryl methyl sites for hydroxylation is 2. The first-order valence-electron chi connectivity index (χ1n) is 6.52. The molecule has 1 aromatic rings. The fraction of sp³-hybridized carbons (Fsp3) is 0.533. The van der Waals surface area contributed by atoms with Crippen molar-refractivity contribution in [2.75, 3.05) is 7.11 Å². The Morgan fingerprint density at radius 2 is 1.84 bits per heavy atom. The highest BCUT2D eigenvalue weighted by atomic mass is 28.3. The molecule has 4 heteroatoms. The largest absolute Gasteiger partial charge is 0.508 e. The van der Waals surface area contributed by atoms with Gasteiger partial charge in [0.05, 0.1) is 7.11 Å². The second-order valence-corrected chi connectivity index (χ2v) is 11.7. The standard InChI is InChI=1S/C15H24O3Si/c1-11-7-12(2)14(9-18-15(16)17-3)13(8-11)10-19(4,5)6/h7-8H,9-10H2,1-6H3. The third-order valence-corrected chi connectivity index (χ3v) is 4.37. The van der Waals surface area contributed by atoms with Crippen LogP contribution in [-0.2, 0) is 22.1 Å². The summed E-state index contributed by atoms with van der Waals surface area (Å²) in [4.78, 5) is 11.1. The summed E-state index contributed by atoms with van der Waals surface area (Å²) in [5.41, 5.74) is 4.86. The van der Waals surface area contributed by atoms with Crippen molar-refractivity contribution in [3.8, 4) is 0 Å². The Labute approximate surface area is 116 Å². The summed E-state index contributed by atoms with van der Waals surface area (Å²) in [6, 6.07) is 5.43. The Bertz CT molecular complexity index is 461. The smallest absolute Gasteiger partial charge is 0.438 e. The Morgan fingerprint density at radius 3 is 2.37 bits per heavy atom. The van der Waals surface area contributed by atoms with Crippen molar-refractivity contribution in [1.82, 2.24) is 0 Å². The number of carbonyl (C=O) groups excluding carboxylic acids is 1. The second kappa shape index (κ2) is 6.24. The fourth-order valence-electron chi connectivity index (χ4n) is 2.21. The molecule has 0 saturated carbocycles. The van der Waals surface area contributed by atoms with Crippen LogP contribution in [0.2, 0.25) is 19.6 Å². The summed E-state index contributed by atoms with van der Waals surface area (Å²) in [7, 11) is 0.115. The molecule has 3 nitrogen and oxygen atoms in total. The average molecular weight is 280 g/mol. The molecule has 0 heterocycles. The number of rotatable bonds is 4. The maximum atomic E-state index is 11.1. The molecular weight excluding hydrogens is 256 g/mol. The number of hydrogen-bond acceptors (Lipinski definition) is 3. The topological polar surface area (TPSA) is 35.5 Å². The van der Waals surface area contributed by atoms with Crippen LogP contribution in [0.4, 0.5) is 4.79 Å². The summed E-state index contributed by atoms with van der Waals surface area (Å²) in [5, 5.41) is 0. The molecule has 0 N–H and O–H groups in total.